The molecule has 1 saturated heterocycles. The van der Waals surface area contributed by atoms with Crippen LogP contribution >= 0.6 is 6.89 Å². The molecule has 290 valence electrons. The largest absolute Gasteiger partial charge is 0.484 e. The summed E-state index contributed by atoms with van der Waals surface area (Å²) in [5, 5.41) is 15.2. The van der Waals surface area contributed by atoms with Gasteiger partial charge in [-0.15, -0.1) is 0 Å². The van der Waals surface area contributed by atoms with Crippen molar-refractivity contribution in [2.75, 3.05) is 19.8 Å². The number of nitrogens with zero attached hydrogens (tertiary/aromatic N) is 1. The van der Waals surface area contributed by atoms with Gasteiger partial charge in [-0.1, -0.05) is 112 Å². The van der Waals surface area contributed by atoms with E-state index in [1.807, 2.05) is 97.9 Å². The summed E-state index contributed by atoms with van der Waals surface area (Å²) in [6.07, 6.45) is -0.655. The lowest BCUT2D eigenvalue weighted by Gasteiger charge is -2.49. The molecule has 4 aromatic rings. The first-order valence-corrected chi connectivity index (χ1v) is 23.2. The first-order valence-electron chi connectivity index (χ1n) is 18.5. The van der Waals surface area contributed by atoms with E-state index in [9.17, 15) is 19.2 Å². The quantitative estimate of drug-likeness (QED) is 0.0684. The molecule has 0 aromatic heterocycles. The molecule has 55 heavy (non-hydrogen) atoms. The zero-order chi connectivity index (χ0) is 39.8. The fourth-order valence-corrected chi connectivity index (χ4v) is 11.5. The van der Waals surface area contributed by atoms with Crippen LogP contribution in [0.25, 0.3) is 0 Å². The van der Waals surface area contributed by atoms with E-state index in [0.29, 0.717) is 11.3 Å². The maximum Gasteiger partial charge on any atom is 0.357 e. The van der Waals surface area contributed by atoms with Crippen molar-refractivity contribution < 1.29 is 38.3 Å². The highest BCUT2D eigenvalue weighted by atomic mass is 31.2. The molecule has 3 atom stereocenters. The molecule has 0 unspecified atom stereocenters. The first kappa shape index (κ1) is 41.4. The van der Waals surface area contributed by atoms with E-state index in [1.54, 1.807) is 30.1 Å². The van der Waals surface area contributed by atoms with Crippen molar-refractivity contribution in [1.82, 2.24) is 10.4 Å². The Kier molecular flexibility index (Phi) is 13.4. The fourth-order valence-electron chi connectivity index (χ4n) is 6.47. The minimum absolute atomic E-state index is 0.116. The topological polar surface area (TPSA) is 131 Å². The summed E-state index contributed by atoms with van der Waals surface area (Å²) >= 11 is 0. The summed E-state index contributed by atoms with van der Waals surface area (Å²) in [5.74, 6) is -0.482. The smallest absolute Gasteiger partial charge is 0.357 e. The molecule has 2 amide bonds. The number of aliphatic hydroxyl groups is 1. The second-order valence-electron chi connectivity index (χ2n) is 15.1. The van der Waals surface area contributed by atoms with Gasteiger partial charge in [0, 0.05) is 24.3 Å². The van der Waals surface area contributed by atoms with Crippen LogP contribution in [-0.2, 0) is 23.6 Å². The molecule has 12 heteroatoms. The average Bonchev–Trinajstić information content (AvgIpc) is 3.17. The van der Waals surface area contributed by atoms with E-state index in [-0.39, 0.29) is 42.9 Å². The molecule has 5 rings (SSSR count). The SMILES string of the molecule is C[C@@H](O[Si](C)(C)C(C)(C)C)[C@H]1C(=O)N(OC(=O)C=P(c2ccccc2)(c2ccccc2)c2ccccc2)[C@@H]1CC(=O)c1ccc(OCC(=O)NCCO)cc1. The number of ether oxygens (including phenoxy) is 1. The lowest BCUT2D eigenvalue weighted by molar-refractivity contribution is -0.239. The van der Waals surface area contributed by atoms with Gasteiger partial charge in [0.1, 0.15) is 5.75 Å². The van der Waals surface area contributed by atoms with E-state index >= 15 is 0 Å². The Balaban J connectivity index is 1.46. The number of hydrogen-bond donors (Lipinski definition) is 2. The third kappa shape index (κ3) is 9.54. The van der Waals surface area contributed by atoms with E-state index < -0.39 is 45.1 Å². The monoisotopic (exact) mass is 782 g/mol. The lowest BCUT2D eigenvalue weighted by Crippen LogP contribution is -2.66. The highest BCUT2D eigenvalue weighted by Crippen LogP contribution is 2.45. The van der Waals surface area contributed by atoms with Crippen molar-refractivity contribution in [2.24, 2.45) is 5.92 Å². The van der Waals surface area contributed by atoms with Gasteiger partial charge in [0.25, 0.3) is 11.8 Å². The maximum absolute atomic E-state index is 14.3. The zero-order valence-electron chi connectivity index (χ0n) is 32.3. The van der Waals surface area contributed by atoms with Crippen LogP contribution in [0.5, 0.6) is 5.75 Å². The number of aliphatic hydroxyl groups excluding tert-OH is 1. The standard InChI is InChI=1S/C43H51N2O8PSi/c1-31(53-55(5,6)43(2,3)4)41-37(28-38(47)32-22-24-33(25-23-32)51-29-39(48)44-26-27-46)45(42(41)50)52-40(49)30-54(34-16-10-7-11-17-34,35-18-12-8-13-19-35)36-20-14-9-15-21-36/h7-25,30-31,37,41,46H,26-29H2,1-6H3,(H,44,48)/t31-,37-,41-/m1/s1. The Labute approximate surface area is 324 Å². The van der Waals surface area contributed by atoms with Gasteiger partial charge in [0.2, 0.25) is 0 Å². The first-order chi connectivity index (χ1) is 26.2. The van der Waals surface area contributed by atoms with Crippen LogP contribution in [0.1, 0.15) is 44.5 Å². The molecular weight excluding hydrogens is 732 g/mol. The summed E-state index contributed by atoms with van der Waals surface area (Å²) in [6.45, 7) is 9.40. The number of β-lactam (4-membered cyclic amide) rings is 1. The van der Waals surface area contributed by atoms with Crippen LogP contribution < -0.4 is 26.0 Å². The predicted octanol–water partition coefficient (Wildman–Crippen LogP) is 5.24. The number of ketones is 1. The maximum atomic E-state index is 14.3. The fraction of sp³-hybridized carbons (Fsp3) is 0.326. The Morgan fingerprint density at radius 2 is 1.36 bits per heavy atom. The molecule has 1 aliphatic rings. The van der Waals surface area contributed by atoms with Crippen molar-refractivity contribution in [2.45, 2.75) is 64.4 Å². The summed E-state index contributed by atoms with van der Waals surface area (Å²) < 4.78 is 12.2. The Bertz CT molecular complexity index is 1900. The van der Waals surface area contributed by atoms with Crippen molar-refractivity contribution >= 4 is 60.5 Å². The predicted molar refractivity (Wildman–Crippen MR) is 220 cm³/mol. The van der Waals surface area contributed by atoms with Crippen LogP contribution in [0, 0.1) is 5.92 Å². The van der Waals surface area contributed by atoms with E-state index in [2.05, 4.69) is 39.2 Å². The molecule has 10 nitrogen and oxygen atoms in total. The summed E-state index contributed by atoms with van der Waals surface area (Å²) in [4.78, 5) is 60.0. The minimum Gasteiger partial charge on any atom is -0.484 e. The minimum atomic E-state index is -2.74. The third-order valence-electron chi connectivity index (χ3n) is 10.4. The molecule has 1 fully saturated rings. The van der Waals surface area contributed by atoms with E-state index in [0.717, 1.165) is 21.0 Å². The number of rotatable bonds is 16. The van der Waals surface area contributed by atoms with Gasteiger partial charge in [-0.25, -0.2) is 4.79 Å². The van der Waals surface area contributed by atoms with Crippen molar-refractivity contribution in [3.63, 3.8) is 0 Å². The molecule has 0 spiro atoms. The van der Waals surface area contributed by atoms with Crippen LogP contribution in [0.4, 0.5) is 0 Å². The van der Waals surface area contributed by atoms with Gasteiger partial charge in [-0.05, 0) is 72.1 Å². The Hall–Kier alpha value is -4.80. The molecule has 2 N–H and O–H groups in total. The highest BCUT2D eigenvalue weighted by molar-refractivity contribution is 7.95. The zero-order valence-corrected chi connectivity index (χ0v) is 34.2. The molecule has 0 saturated carbocycles. The molecule has 1 heterocycles. The van der Waals surface area contributed by atoms with E-state index in [1.165, 1.54) is 0 Å². The molecule has 0 bridgehead atoms. The van der Waals surface area contributed by atoms with Gasteiger partial charge < -0.3 is 24.4 Å². The molecule has 0 radical (unpaired) electrons. The normalized spacial score (nSPS) is 16.4. The van der Waals surface area contributed by atoms with Crippen molar-refractivity contribution in [1.29, 1.82) is 0 Å². The van der Waals surface area contributed by atoms with Crippen LogP contribution in [0.3, 0.4) is 0 Å². The van der Waals surface area contributed by atoms with Crippen LogP contribution in [-0.4, -0.2) is 79.8 Å². The number of benzene rings is 4. The number of carbonyl (C=O) groups excluding carboxylic acids is 4. The number of hydroxylamine groups is 2. The van der Waals surface area contributed by atoms with Gasteiger partial charge in [-0.2, -0.15) is 5.06 Å². The molecular formula is C43H51N2O8PSi. The number of Topliss-reactive ketones (excluding diaryl/α,β-unsaturated/α-hetero) is 1. The molecule has 0 aliphatic carbocycles. The highest BCUT2D eigenvalue weighted by Gasteiger charge is 2.55. The molecule has 4 aromatic carbocycles. The summed E-state index contributed by atoms with van der Waals surface area (Å²) in [5.41, 5.74) is 0.369. The Morgan fingerprint density at radius 1 is 0.855 bits per heavy atom. The van der Waals surface area contributed by atoms with Gasteiger partial charge in [0.15, 0.2) is 20.7 Å². The lowest BCUT2D eigenvalue weighted by atomic mass is 9.81. The number of hydrogen-bond acceptors (Lipinski definition) is 8. The number of carbonyl (C=O) groups is 4. The summed E-state index contributed by atoms with van der Waals surface area (Å²) in [6, 6.07) is 35.1. The van der Waals surface area contributed by atoms with Crippen molar-refractivity contribution in [3.05, 3.63) is 121 Å². The van der Waals surface area contributed by atoms with Gasteiger partial charge in [-0.3, -0.25) is 14.4 Å². The summed E-state index contributed by atoms with van der Waals surface area (Å²) in [7, 11) is -2.32. The Morgan fingerprint density at radius 3 is 1.84 bits per heavy atom. The second-order valence-corrected chi connectivity index (χ2v) is 23.1. The van der Waals surface area contributed by atoms with Crippen LogP contribution in [0.2, 0.25) is 18.1 Å². The van der Waals surface area contributed by atoms with Gasteiger partial charge >= 0.3 is 5.97 Å². The molecule has 1 aliphatic heterocycles. The van der Waals surface area contributed by atoms with E-state index in [4.69, 9.17) is 19.1 Å². The van der Waals surface area contributed by atoms with Crippen LogP contribution in [0.15, 0.2) is 115 Å². The number of amides is 2. The van der Waals surface area contributed by atoms with Gasteiger partial charge in [0.05, 0.1) is 24.7 Å². The second kappa shape index (κ2) is 17.8. The van der Waals surface area contributed by atoms with Crippen molar-refractivity contribution in [3.8, 4) is 5.75 Å². The number of nitrogens with one attached hydrogen (secondary N) is 1. The third-order valence-corrected chi connectivity index (χ3v) is 18.9. The average molecular weight is 783 g/mol.